The number of nitrogens with two attached hydrogens (primary N) is 1. The van der Waals surface area contributed by atoms with E-state index in [0.29, 0.717) is 18.6 Å². The van der Waals surface area contributed by atoms with Crippen molar-refractivity contribution in [3.05, 3.63) is 0 Å². The quantitative estimate of drug-likeness (QED) is 0.776. The van der Waals surface area contributed by atoms with Crippen molar-refractivity contribution in [2.75, 3.05) is 12.4 Å². The van der Waals surface area contributed by atoms with Crippen LogP contribution in [-0.2, 0) is 14.8 Å². The first kappa shape index (κ1) is 15.9. The molecule has 5 heteroatoms. The Bertz CT molecular complexity index is 329. The predicted molar refractivity (Wildman–Crippen MR) is 73.7 cm³/mol. The van der Waals surface area contributed by atoms with Crippen molar-refractivity contribution in [3.8, 4) is 0 Å². The molecule has 0 aliphatic heterocycles. The Kier molecular flexibility index (Phi) is 6.60. The van der Waals surface area contributed by atoms with Crippen LogP contribution in [0.15, 0.2) is 0 Å². The van der Waals surface area contributed by atoms with Crippen molar-refractivity contribution in [2.24, 2.45) is 17.0 Å². The molecule has 1 saturated carbocycles. The topological polar surface area (TPSA) is 69.4 Å². The fourth-order valence-corrected chi connectivity index (χ4v) is 3.66. The van der Waals surface area contributed by atoms with E-state index in [9.17, 15) is 8.42 Å². The minimum atomic E-state index is -3.39. The molecule has 3 unspecified atom stereocenters. The van der Waals surface area contributed by atoms with Gasteiger partial charge >= 0.3 is 0 Å². The van der Waals surface area contributed by atoms with Gasteiger partial charge in [-0.1, -0.05) is 33.1 Å². The minimum absolute atomic E-state index is 0.0409. The van der Waals surface area contributed by atoms with Crippen molar-refractivity contribution in [2.45, 2.75) is 58.5 Å². The number of ether oxygens (including phenoxy) is 1. The average molecular weight is 277 g/mol. The smallest absolute Gasteiger partial charge is 0.209 e. The molecule has 0 radical (unpaired) electrons. The van der Waals surface area contributed by atoms with Crippen LogP contribution in [0.25, 0.3) is 0 Å². The minimum Gasteiger partial charge on any atom is -0.378 e. The van der Waals surface area contributed by atoms with E-state index in [1.165, 1.54) is 19.3 Å². The first-order valence-corrected chi connectivity index (χ1v) is 8.76. The lowest BCUT2D eigenvalue weighted by molar-refractivity contribution is -0.0200. The van der Waals surface area contributed by atoms with Gasteiger partial charge in [-0.15, -0.1) is 0 Å². The zero-order valence-corrected chi connectivity index (χ0v) is 12.4. The molecule has 0 spiro atoms. The Labute approximate surface area is 111 Å². The highest BCUT2D eigenvalue weighted by molar-refractivity contribution is 7.89. The summed E-state index contributed by atoms with van der Waals surface area (Å²) in [5, 5.41) is 5.12. The molecule has 108 valence electrons. The molecular weight excluding hydrogens is 250 g/mol. The highest BCUT2D eigenvalue weighted by Gasteiger charge is 2.24. The third-order valence-electron chi connectivity index (χ3n) is 3.74. The zero-order chi connectivity index (χ0) is 13.6. The predicted octanol–water partition coefficient (Wildman–Crippen LogP) is 2.29. The fraction of sp³-hybridized carbons (Fsp3) is 1.00. The van der Waals surface area contributed by atoms with E-state index >= 15 is 0 Å². The normalized spacial score (nSPS) is 27.1. The van der Waals surface area contributed by atoms with Crippen LogP contribution < -0.4 is 5.14 Å². The van der Waals surface area contributed by atoms with Gasteiger partial charge in [-0.3, -0.25) is 0 Å². The Hall–Kier alpha value is -0.130. The monoisotopic (exact) mass is 277 g/mol. The Morgan fingerprint density at radius 1 is 1.33 bits per heavy atom. The Morgan fingerprint density at radius 3 is 2.56 bits per heavy atom. The van der Waals surface area contributed by atoms with Gasteiger partial charge in [-0.25, -0.2) is 13.6 Å². The number of primary sulfonamides is 1. The standard InChI is InChI=1S/C13H27NO3S/c1-3-6-12(10-18(14,15)16)9-17-13-8-5-4-7-11(13)2/h11-13H,3-10H2,1-2H3,(H2,14,15,16). The van der Waals surface area contributed by atoms with Crippen molar-refractivity contribution in [1.29, 1.82) is 0 Å². The lowest BCUT2D eigenvalue weighted by Crippen LogP contribution is -2.31. The van der Waals surface area contributed by atoms with Crippen molar-refractivity contribution in [3.63, 3.8) is 0 Å². The van der Waals surface area contributed by atoms with Gasteiger partial charge < -0.3 is 4.74 Å². The lowest BCUT2D eigenvalue weighted by Gasteiger charge is -2.30. The van der Waals surface area contributed by atoms with E-state index < -0.39 is 10.0 Å². The van der Waals surface area contributed by atoms with Crippen LogP contribution in [-0.4, -0.2) is 26.9 Å². The molecule has 3 atom stereocenters. The van der Waals surface area contributed by atoms with Crippen LogP contribution in [0.2, 0.25) is 0 Å². The third kappa shape index (κ3) is 6.16. The van der Waals surface area contributed by atoms with Crippen molar-refractivity contribution in [1.82, 2.24) is 0 Å². The second-order valence-corrected chi connectivity index (χ2v) is 7.28. The van der Waals surface area contributed by atoms with E-state index in [0.717, 1.165) is 19.3 Å². The van der Waals surface area contributed by atoms with Gasteiger partial charge in [0, 0.05) is 0 Å². The van der Waals surface area contributed by atoms with Gasteiger partial charge in [0.05, 0.1) is 18.5 Å². The molecule has 4 nitrogen and oxygen atoms in total. The van der Waals surface area contributed by atoms with Gasteiger partial charge in [0.25, 0.3) is 0 Å². The molecule has 0 amide bonds. The summed E-state index contributed by atoms with van der Waals surface area (Å²) in [6.07, 6.45) is 6.97. The first-order chi connectivity index (χ1) is 8.42. The second-order valence-electron chi connectivity index (χ2n) is 5.62. The molecule has 0 bridgehead atoms. The van der Waals surface area contributed by atoms with Crippen LogP contribution in [0.5, 0.6) is 0 Å². The highest BCUT2D eigenvalue weighted by atomic mass is 32.2. The van der Waals surface area contributed by atoms with Crippen LogP contribution in [0, 0.1) is 11.8 Å². The van der Waals surface area contributed by atoms with E-state index in [-0.39, 0.29) is 11.7 Å². The van der Waals surface area contributed by atoms with E-state index in [1.807, 2.05) is 0 Å². The van der Waals surface area contributed by atoms with Gasteiger partial charge in [-0.2, -0.15) is 0 Å². The lowest BCUT2D eigenvalue weighted by atomic mass is 9.88. The number of rotatable bonds is 7. The summed E-state index contributed by atoms with van der Waals surface area (Å²) in [6.45, 7) is 4.80. The molecule has 0 aromatic rings. The summed E-state index contributed by atoms with van der Waals surface area (Å²) in [5.74, 6) is 0.678. The Morgan fingerprint density at radius 2 is 2.00 bits per heavy atom. The van der Waals surface area contributed by atoms with E-state index in [2.05, 4.69) is 13.8 Å². The molecule has 0 heterocycles. The first-order valence-electron chi connectivity index (χ1n) is 7.04. The zero-order valence-electron chi connectivity index (χ0n) is 11.6. The van der Waals surface area contributed by atoms with Gasteiger partial charge in [0.1, 0.15) is 0 Å². The summed E-state index contributed by atoms with van der Waals surface area (Å²) in [4.78, 5) is 0. The van der Waals surface area contributed by atoms with Crippen LogP contribution in [0.3, 0.4) is 0 Å². The number of hydrogen-bond acceptors (Lipinski definition) is 3. The maximum absolute atomic E-state index is 11.2. The second kappa shape index (κ2) is 7.46. The van der Waals surface area contributed by atoms with E-state index in [4.69, 9.17) is 9.88 Å². The largest absolute Gasteiger partial charge is 0.378 e. The molecule has 18 heavy (non-hydrogen) atoms. The van der Waals surface area contributed by atoms with Crippen LogP contribution in [0.1, 0.15) is 52.4 Å². The third-order valence-corrected chi connectivity index (χ3v) is 4.68. The highest BCUT2D eigenvalue weighted by Crippen LogP contribution is 2.27. The van der Waals surface area contributed by atoms with Gasteiger partial charge in [0.2, 0.25) is 10.0 Å². The van der Waals surface area contributed by atoms with Gasteiger partial charge in [-0.05, 0) is 31.1 Å². The molecule has 1 aliphatic rings. The summed E-state index contributed by atoms with van der Waals surface area (Å²) in [5.41, 5.74) is 0. The van der Waals surface area contributed by atoms with E-state index in [1.54, 1.807) is 0 Å². The van der Waals surface area contributed by atoms with Crippen LogP contribution in [0.4, 0.5) is 0 Å². The molecule has 0 saturated heterocycles. The summed E-state index contributed by atoms with van der Waals surface area (Å²) >= 11 is 0. The molecule has 2 N–H and O–H groups in total. The molecule has 1 fully saturated rings. The van der Waals surface area contributed by atoms with Crippen molar-refractivity contribution < 1.29 is 13.2 Å². The summed E-state index contributed by atoms with van der Waals surface area (Å²) < 4.78 is 28.2. The van der Waals surface area contributed by atoms with Crippen LogP contribution >= 0.6 is 0 Å². The maximum atomic E-state index is 11.2. The molecule has 0 aromatic heterocycles. The molecule has 1 rings (SSSR count). The SMILES string of the molecule is CCCC(COC1CCCCC1C)CS(N)(=O)=O. The summed E-state index contributed by atoms with van der Waals surface area (Å²) in [7, 11) is -3.39. The molecular formula is C13H27NO3S. The fourth-order valence-electron chi connectivity index (χ4n) is 2.74. The van der Waals surface area contributed by atoms with Crippen molar-refractivity contribution >= 4 is 10.0 Å². The van der Waals surface area contributed by atoms with Gasteiger partial charge in [0.15, 0.2) is 0 Å². The summed E-state index contributed by atoms with van der Waals surface area (Å²) in [6, 6.07) is 0. The molecule has 0 aromatic carbocycles. The number of sulfonamides is 1. The average Bonchev–Trinajstić information content (AvgIpc) is 2.26. The molecule has 1 aliphatic carbocycles. The Balaban J connectivity index is 2.40. The maximum Gasteiger partial charge on any atom is 0.209 e. The number of hydrogen-bond donors (Lipinski definition) is 1.